The quantitative estimate of drug-likeness (QED) is 0.506. The van der Waals surface area contributed by atoms with E-state index in [-0.39, 0.29) is 28.4 Å². The van der Waals surface area contributed by atoms with Crippen molar-refractivity contribution in [3.63, 3.8) is 0 Å². The number of amides is 2. The molecule has 4 aromatic rings. The number of benzene rings is 2. The Balaban J connectivity index is 1.48. The summed E-state index contributed by atoms with van der Waals surface area (Å²) in [5.74, 6) is -0.746. The molecule has 0 saturated carbocycles. The van der Waals surface area contributed by atoms with E-state index in [4.69, 9.17) is 4.52 Å². The molecule has 160 valence electrons. The lowest BCUT2D eigenvalue weighted by Gasteiger charge is -2.16. The van der Waals surface area contributed by atoms with Crippen LogP contribution < -0.4 is 10.2 Å². The van der Waals surface area contributed by atoms with E-state index in [0.29, 0.717) is 29.7 Å². The van der Waals surface area contributed by atoms with Gasteiger partial charge >= 0.3 is 0 Å². The second kappa shape index (κ2) is 7.88. The number of nitrogens with zero attached hydrogens (tertiary/aromatic N) is 3. The lowest BCUT2D eigenvalue weighted by Crippen LogP contribution is -2.23. The molecule has 1 fully saturated rings. The van der Waals surface area contributed by atoms with Crippen LogP contribution in [0, 0.1) is 12.7 Å². The molecule has 0 radical (unpaired) electrons. The molecule has 2 aromatic heterocycles. The van der Waals surface area contributed by atoms with Crippen molar-refractivity contribution in [2.75, 3.05) is 16.8 Å². The third kappa shape index (κ3) is 3.49. The van der Waals surface area contributed by atoms with Gasteiger partial charge < -0.3 is 14.7 Å². The van der Waals surface area contributed by atoms with Gasteiger partial charge in [-0.1, -0.05) is 17.3 Å². The molecule has 32 heavy (non-hydrogen) atoms. The van der Waals surface area contributed by atoms with Crippen LogP contribution in [-0.2, 0) is 4.79 Å². The van der Waals surface area contributed by atoms with Crippen molar-refractivity contribution in [3.05, 3.63) is 71.7 Å². The summed E-state index contributed by atoms with van der Waals surface area (Å²) in [6.07, 6.45) is 1.40. The van der Waals surface area contributed by atoms with Gasteiger partial charge in [-0.05, 0) is 55.8 Å². The molecule has 2 aromatic carbocycles. The van der Waals surface area contributed by atoms with Gasteiger partial charge in [-0.2, -0.15) is 0 Å². The molecule has 0 atom stereocenters. The molecule has 2 amide bonds. The highest BCUT2D eigenvalue weighted by atomic mass is 19.1. The molecular weight excluding hydrogens is 411 g/mol. The molecule has 1 N–H and O–H groups in total. The predicted octanol–water partition coefficient (Wildman–Crippen LogP) is 4.72. The Morgan fingerprint density at radius 2 is 1.94 bits per heavy atom. The van der Waals surface area contributed by atoms with E-state index < -0.39 is 11.7 Å². The van der Waals surface area contributed by atoms with Gasteiger partial charge in [0.15, 0.2) is 0 Å². The Labute approximate surface area is 182 Å². The minimum atomic E-state index is -0.450. The van der Waals surface area contributed by atoms with Gasteiger partial charge in [0.25, 0.3) is 11.6 Å². The zero-order chi connectivity index (χ0) is 22.2. The normalized spacial score (nSPS) is 13.7. The molecular formula is C24H19FN4O3. The van der Waals surface area contributed by atoms with E-state index in [1.165, 1.54) is 12.1 Å². The van der Waals surface area contributed by atoms with Gasteiger partial charge in [0.1, 0.15) is 5.82 Å². The highest BCUT2D eigenvalue weighted by Crippen LogP contribution is 2.29. The highest BCUT2D eigenvalue weighted by molar-refractivity contribution is 6.13. The van der Waals surface area contributed by atoms with Crippen molar-refractivity contribution < 1.29 is 18.5 Å². The van der Waals surface area contributed by atoms with Crippen LogP contribution in [0.15, 0.2) is 59.1 Å². The summed E-state index contributed by atoms with van der Waals surface area (Å²) in [5.41, 5.74) is 2.87. The molecule has 7 nitrogen and oxygen atoms in total. The largest absolute Gasteiger partial charge is 0.335 e. The first-order valence-corrected chi connectivity index (χ1v) is 10.2. The third-order valence-corrected chi connectivity index (χ3v) is 5.52. The summed E-state index contributed by atoms with van der Waals surface area (Å²) < 4.78 is 19.6. The number of pyridine rings is 1. The number of anilines is 2. The maximum absolute atomic E-state index is 14.3. The number of halogens is 1. The number of hydrogen-bond acceptors (Lipinski definition) is 5. The third-order valence-electron chi connectivity index (χ3n) is 5.52. The minimum Gasteiger partial charge on any atom is -0.335 e. The van der Waals surface area contributed by atoms with Crippen LogP contribution >= 0.6 is 0 Å². The summed E-state index contributed by atoms with van der Waals surface area (Å²) in [6, 6.07) is 14.8. The number of fused-ring (bicyclic) bond motifs is 1. The van der Waals surface area contributed by atoms with Crippen molar-refractivity contribution in [1.29, 1.82) is 0 Å². The summed E-state index contributed by atoms with van der Waals surface area (Å²) >= 11 is 0. The molecule has 1 aliphatic heterocycles. The first kappa shape index (κ1) is 19.9. The van der Waals surface area contributed by atoms with E-state index >= 15 is 0 Å². The number of carbonyl (C=O) groups excluding carboxylic acids is 2. The Morgan fingerprint density at radius 1 is 1.16 bits per heavy atom. The lowest BCUT2D eigenvalue weighted by molar-refractivity contribution is -0.117. The van der Waals surface area contributed by atoms with Gasteiger partial charge in [0, 0.05) is 29.9 Å². The molecule has 0 aliphatic carbocycles. The van der Waals surface area contributed by atoms with Crippen molar-refractivity contribution >= 4 is 34.3 Å². The zero-order valence-corrected chi connectivity index (χ0v) is 17.3. The van der Waals surface area contributed by atoms with Crippen LogP contribution in [0.3, 0.4) is 0 Å². The Morgan fingerprint density at radius 3 is 2.66 bits per heavy atom. The Bertz CT molecular complexity index is 1350. The predicted molar refractivity (Wildman–Crippen MR) is 118 cm³/mol. The van der Waals surface area contributed by atoms with Gasteiger partial charge in [-0.15, -0.1) is 0 Å². The van der Waals surface area contributed by atoms with Crippen LogP contribution in [0.2, 0.25) is 0 Å². The molecule has 0 unspecified atom stereocenters. The number of hydrogen-bond donors (Lipinski definition) is 1. The molecule has 0 spiro atoms. The average molecular weight is 430 g/mol. The van der Waals surface area contributed by atoms with Crippen molar-refractivity contribution in [2.24, 2.45) is 0 Å². The molecule has 5 rings (SSSR count). The van der Waals surface area contributed by atoms with Crippen molar-refractivity contribution in [1.82, 2.24) is 10.1 Å². The SMILES string of the molecule is Cc1noc2nc(-c3ccccc3F)cc(C(=O)Nc3ccc(N4CCCC4=O)cc3)c12. The molecule has 1 aliphatic rings. The molecule has 3 heterocycles. The number of nitrogens with one attached hydrogen (secondary N) is 1. The molecule has 0 bridgehead atoms. The maximum atomic E-state index is 14.3. The minimum absolute atomic E-state index is 0.101. The van der Waals surface area contributed by atoms with E-state index in [2.05, 4.69) is 15.5 Å². The van der Waals surface area contributed by atoms with Crippen LogP contribution in [0.4, 0.5) is 15.8 Å². The van der Waals surface area contributed by atoms with Gasteiger partial charge in [0.2, 0.25) is 5.91 Å². The standard InChI is InChI=1S/C24H19FN4O3/c1-14-22-18(13-20(27-24(22)32-28-14)17-5-2-3-6-19(17)25)23(31)26-15-8-10-16(11-9-15)29-12-4-7-21(29)30/h2-3,5-6,8-11,13H,4,7,12H2,1H3,(H,26,31). The fourth-order valence-corrected chi connectivity index (χ4v) is 3.92. The first-order valence-electron chi connectivity index (χ1n) is 10.2. The van der Waals surface area contributed by atoms with E-state index in [0.717, 1.165) is 12.1 Å². The second-order valence-corrected chi connectivity index (χ2v) is 7.63. The smallest absolute Gasteiger partial charge is 0.259 e. The number of carbonyl (C=O) groups is 2. The zero-order valence-electron chi connectivity index (χ0n) is 17.3. The van der Waals surface area contributed by atoms with Crippen LogP contribution in [0.1, 0.15) is 28.9 Å². The fraction of sp³-hybridized carbons (Fsp3) is 0.167. The van der Waals surface area contributed by atoms with Gasteiger partial charge in [-0.3, -0.25) is 9.59 Å². The molecule has 1 saturated heterocycles. The summed E-state index contributed by atoms with van der Waals surface area (Å²) in [5, 5.41) is 7.25. The lowest BCUT2D eigenvalue weighted by atomic mass is 10.0. The monoisotopic (exact) mass is 430 g/mol. The topological polar surface area (TPSA) is 88.3 Å². The number of aromatic nitrogens is 2. The first-order chi connectivity index (χ1) is 15.5. The van der Waals surface area contributed by atoms with E-state index in [9.17, 15) is 14.0 Å². The maximum Gasteiger partial charge on any atom is 0.259 e. The van der Waals surface area contributed by atoms with E-state index in [1.54, 1.807) is 54.3 Å². The van der Waals surface area contributed by atoms with Crippen LogP contribution in [-0.4, -0.2) is 28.5 Å². The Hall–Kier alpha value is -4.07. The van der Waals surface area contributed by atoms with E-state index in [1.807, 2.05) is 0 Å². The van der Waals surface area contributed by atoms with Gasteiger partial charge in [0.05, 0.1) is 22.3 Å². The summed E-state index contributed by atoms with van der Waals surface area (Å²) in [7, 11) is 0. The van der Waals surface area contributed by atoms with Crippen molar-refractivity contribution in [3.8, 4) is 11.3 Å². The number of rotatable bonds is 4. The highest BCUT2D eigenvalue weighted by Gasteiger charge is 2.23. The molecule has 8 heteroatoms. The second-order valence-electron chi connectivity index (χ2n) is 7.63. The fourth-order valence-electron chi connectivity index (χ4n) is 3.92. The van der Waals surface area contributed by atoms with Crippen molar-refractivity contribution in [2.45, 2.75) is 19.8 Å². The van der Waals surface area contributed by atoms with Crippen LogP contribution in [0.25, 0.3) is 22.4 Å². The summed E-state index contributed by atoms with van der Waals surface area (Å²) in [4.78, 5) is 31.2. The summed E-state index contributed by atoms with van der Waals surface area (Å²) in [6.45, 7) is 2.42. The Kier molecular flexibility index (Phi) is 4.89. The van der Waals surface area contributed by atoms with Crippen LogP contribution in [0.5, 0.6) is 0 Å². The number of aryl methyl sites for hydroxylation is 1. The van der Waals surface area contributed by atoms with Gasteiger partial charge in [-0.25, -0.2) is 9.37 Å². The average Bonchev–Trinajstić information content (AvgIpc) is 3.39.